The molecule has 1 atom stereocenters. The Morgan fingerprint density at radius 3 is 2.42 bits per heavy atom. The van der Waals surface area contributed by atoms with Crippen LogP contribution in [0.15, 0.2) is 78.9 Å². The summed E-state index contributed by atoms with van der Waals surface area (Å²) in [5.41, 5.74) is 1.94. The molecular formula is C24H21N3O4. The summed E-state index contributed by atoms with van der Waals surface area (Å²) in [5, 5.41) is 11.1. The molecule has 0 bridgehead atoms. The number of hydrogen-bond donors (Lipinski definition) is 1. The van der Waals surface area contributed by atoms with Crippen LogP contribution in [0.1, 0.15) is 29.7 Å². The molecule has 1 N–H and O–H groups in total. The molecule has 3 heterocycles. The number of likely N-dealkylation sites (tertiary alicyclic amines) is 1. The van der Waals surface area contributed by atoms with E-state index in [-0.39, 0.29) is 17.9 Å². The molecule has 3 aromatic rings. The van der Waals surface area contributed by atoms with E-state index in [2.05, 4.69) is 9.97 Å². The van der Waals surface area contributed by atoms with Gasteiger partial charge in [0.1, 0.15) is 11.5 Å². The van der Waals surface area contributed by atoms with E-state index in [0.29, 0.717) is 23.5 Å². The van der Waals surface area contributed by atoms with Crippen molar-refractivity contribution in [3.63, 3.8) is 0 Å². The fraction of sp³-hybridized carbons (Fsp3) is 0.167. The van der Waals surface area contributed by atoms with E-state index in [0.717, 1.165) is 5.56 Å². The van der Waals surface area contributed by atoms with Crippen LogP contribution in [0, 0.1) is 0 Å². The molecule has 0 aliphatic carbocycles. The second kappa shape index (κ2) is 8.79. The number of ketones is 1. The largest absolute Gasteiger partial charge is 0.507 e. The number of carbonyl (C=O) groups excluding carboxylic acids is 2. The second-order valence-corrected chi connectivity index (χ2v) is 7.03. The Hall–Kier alpha value is -4.00. The Bertz CT molecular complexity index is 1110. The number of amides is 1. The monoisotopic (exact) mass is 415 g/mol. The molecule has 4 rings (SSSR count). The van der Waals surface area contributed by atoms with Crippen LogP contribution in [-0.4, -0.2) is 38.3 Å². The highest BCUT2D eigenvalue weighted by atomic mass is 16.5. The lowest BCUT2D eigenvalue weighted by molar-refractivity contribution is -0.140. The highest BCUT2D eigenvalue weighted by molar-refractivity contribution is 6.46. The minimum atomic E-state index is -0.756. The first-order valence-electron chi connectivity index (χ1n) is 9.90. The fourth-order valence-electron chi connectivity index (χ4n) is 3.64. The van der Waals surface area contributed by atoms with Crippen molar-refractivity contribution in [3.8, 4) is 5.75 Å². The number of hydrogen-bond acceptors (Lipinski definition) is 6. The summed E-state index contributed by atoms with van der Waals surface area (Å²) < 4.78 is 5.44. The Morgan fingerprint density at radius 2 is 1.77 bits per heavy atom. The van der Waals surface area contributed by atoms with E-state index in [1.165, 1.54) is 4.90 Å². The lowest BCUT2D eigenvalue weighted by Gasteiger charge is -2.25. The van der Waals surface area contributed by atoms with Gasteiger partial charge in [0, 0.05) is 36.9 Å². The van der Waals surface area contributed by atoms with Gasteiger partial charge in [-0.05, 0) is 60.5 Å². The van der Waals surface area contributed by atoms with Gasteiger partial charge in [0.05, 0.1) is 18.2 Å². The van der Waals surface area contributed by atoms with Gasteiger partial charge in [-0.3, -0.25) is 19.6 Å². The summed E-state index contributed by atoms with van der Waals surface area (Å²) in [4.78, 5) is 35.5. The van der Waals surface area contributed by atoms with Gasteiger partial charge in [-0.15, -0.1) is 0 Å². The summed E-state index contributed by atoms with van der Waals surface area (Å²) >= 11 is 0. The molecule has 1 aromatic carbocycles. The molecule has 0 saturated carbocycles. The lowest BCUT2D eigenvalue weighted by Crippen LogP contribution is -2.29. The zero-order valence-corrected chi connectivity index (χ0v) is 16.9. The third kappa shape index (κ3) is 4.02. The highest BCUT2D eigenvalue weighted by Crippen LogP contribution is 2.40. The van der Waals surface area contributed by atoms with E-state index < -0.39 is 17.7 Å². The summed E-state index contributed by atoms with van der Waals surface area (Å²) in [7, 11) is 0. The molecule has 1 amide bonds. The van der Waals surface area contributed by atoms with Crippen molar-refractivity contribution in [2.75, 3.05) is 6.61 Å². The molecule has 31 heavy (non-hydrogen) atoms. The maximum Gasteiger partial charge on any atom is 0.295 e. The average Bonchev–Trinajstić information content (AvgIpc) is 3.05. The van der Waals surface area contributed by atoms with Crippen molar-refractivity contribution in [2.45, 2.75) is 19.5 Å². The van der Waals surface area contributed by atoms with Gasteiger partial charge >= 0.3 is 0 Å². The third-order valence-corrected chi connectivity index (χ3v) is 5.08. The van der Waals surface area contributed by atoms with Gasteiger partial charge in [0.2, 0.25) is 0 Å². The number of aliphatic hydroxyl groups excluding tert-OH is 1. The summed E-state index contributed by atoms with van der Waals surface area (Å²) in [6, 6.07) is 13.1. The number of benzene rings is 1. The van der Waals surface area contributed by atoms with Crippen LogP contribution in [0.5, 0.6) is 5.75 Å². The molecule has 156 valence electrons. The van der Waals surface area contributed by atoms with Crippen LogP contribution in [0.25, 0.3) is 5.76 Å². The van der Waals surface area contributed by atoms with Crippen molar-refractivity contribution < 1.29 is 19.4 Å². The SMILES string of the molecule is CCOc1ccc(/C(O)=C2/C(=O)C(=O)N(Cc3ccncc3)C2c2cccnc2)cc1. The zero-order chi connectivity index (χ0) is 21.8. The van der Waals surface area contributed by atoms with Gasteiger partial charge < -0.3 is 14.7 Å². The number of aromatic nitrogens is 2. The predicted octanol–water partition coefficient (Wildman–Crippen LogP) is 3.50. The van der Waals surface area contributed by atoms with Gasteiger partial charge in [-0.25, -0.2) is 0 Å². The van der Waals surface area contributed by atoms with Crippen molar-refractivity contribution >= 4 is 17.4 Å². The number of carbonyl (C=O) groups is 2. The van der Waals surface area contributed by atoms with Crippen LogP contribution in [0.2, 0.25) is 0 Å². The van der Waals surface area contributed by atoms with Crippen LogP contribution in [0.4, 0.5) is 0 Å². The topological polar surface area (TPSA) is 92.6 Å². The van der Waals surface area contributed by atoms with Gasteiger partial charge in [0.25, 0.3) is 11.7 Å². The molecular weight excluding hydrogens is 394 g/mol. The molecule has 1 aliphatic heterocycles. The van der Waals surface area contributed by atoms with Crippen molar-refractivity contribution in [3.05, 3.63) is 95.6 Å². The molecule has 0 radical (unpaired) electrons. The molecule has 7 nitrogen and oxygen atoms in total. The normalized spacial score (nSPS) is 17.7. The third-order valence-electron chi connectivity index (χ3n) is 5.08. The standard InChI is InChI=1S/C24H21N3O4/c1-2-31-19-7-5-17(6-8-19)22(28)20-21(18-4-3-11-26-14-18)27(24(30)23(20)29)15-16-9-12-25-13-10-16/h3-14,21,28H,2,15H2,1H3/b22-20-. The van der Waals surface area contributed by atoms with E-state index in [1.54, 1.807) is 73.3 Å². The first-order valence-corrected chi connectivity index (χ1v) is 9.90. The number of rotatable bonds is 6. The van der Waals surface area contributed by atoms with Crippen LogP contribution >= 0.6 is 0 Å². The van der Waals surface area contributed by atoms with Crippen molar-refractivity contribution in [2.24, 2.45) is 0 Å². The van der Waals surface area contributed by atoms with E-state index in [1.807, 2.05) is 6.92 Å². The summed E-state index contributed by atoms with van der Waals surface area (Å²) in [5.74, 6) is -0.971. The van der Waals surface area contributed by atoms with Crippen LogP contribution in [0.3, 0.4) is 0 Å². The number of nitrogens with zero attached hydrogens (tertiary/aromatic N) is 3. The van der Waals surface area contributed by atoms with Gasteiger partial charge in [0.15, 0.2) is 0 Å². The summed E-state index contributed by atoms with van der Waals surface area (Å²) in [6.45, 7) is 2.60. The maximum atomic E-state index is 13.0. The Morgan fingerprint density at radius 1 is 1.03 bits per heavy atom. The first kappa shape index (κ1) is 20.3. The Balaban J connectivity index is 1.80. The highest BCUT2D eigenvalue weighted by Gasteiger charge is 2.46. The number of aliphatic hydroxyl groups is 1. The van der Waals surface area contributed by atoms with Gasteiger partial charge in [-0.1, -0.05) is 6.07 Å². The smallest absolute Gasteiger partial charge is 0.295 e. The molecule has 7 heteroatoms. The van der Waals surface area contributed by atoms with Crippen LogP contribution < -0.4 is 4.74 Å². The van der Waals surface area contributed by atoms with Crippen LogP contribution in [-0.2, 0) is 16.1 Å². The predicted molar refractivity (Wildman–Crippen MR) is 114 cm³/mol. The number of Topliss-reactive ketones (excluding diaryl/α,β-unsaturated/α-hetero) is 1. The Kier molecular flexibility index (Phi) is 5.75. The average molecular weight is 415 g/mol. The second-order valence-electron chi connectivity index (χ2n) is 7.03. The summed E-state index contributed by atoms with van der Waals surface area (Å²) in [6.07, 6.45) is 6.47. The Labute approximate surface area is 179 Å². The molecule has 0 spiro atoms. The van der Waals surface area contributed by atoms with E-state index in [4.69, 9.17) is 4.74 Å². The van der Waals surface area contributed by atoms with Gasteiger partial charge in [-0.2, -0.15) is 0 Å². The first-order chi connectivity index (χ1) is 15.1. The van der Waals surface area contributed by atoms with E-state index in [9.17, 15) is 14.7 Å². The van der Waals surface area contributed by atoms with Crippen molar-refractivity contribution in [1.82, 2.24) is 14.9 Å². The minimum Gasteiger partial charge on any atom is -0.507 e. The molecule has 1 unspecified atom stereocenters. The molecule has 1 aliphatic rings. The maximum absolute atomic E-state index is 13.0. The lowest BCUT2D eigenvalue weighted by atomic mass is 9.96. The van der Waals surface area contributed by atoms with Crippen molar-refractivity contribution in [1.29, 1.82) is 0 Å². The van der Waals surface area contributed by atoms with E-state index >= 15 is 0 Å². The molecule has 1 saturated heterocycles. The number of ether oxygens (including phenoxy) is 1. The quantitative estimate of drug-likeness (QED) is 0.376. The molecule has 1 fully saturated rings. The molecule has 2 aromatic heterocycles. The fourth-order valence-corrected chi connectivity index (χ4v) is 3.64. The zero-order valence-electron chi connectivity index (χ0n) is 16.9. The minimum absolute atomic E-state index is 0.0382. The number of pyridine rings is 2.